The van der Waals surface area contributed by atoms with Gasteiger partial charge >= 0.3 is 0 Å². The summed E-state index contributed by atoms with van der Waals surface area (Å²) in [6, 6.07) is 13.8. The molecule has 0 radical (unpaired) electrons. The maximum absolute atomic E-state index is 12.6. The zero-order valence-electron chi connectivity index (χ0n) is 19.6. The van der Waals surface area contributed by atoms with Crippen LogP contribution in [0, 0.1) is 0 Å². The van der Waals surface area contributed by atoms with Gasteiger partial charge in [0.05, 0.1) is 18.6 Å². The van der Waals surface area contributed by atoms with E-state index in [1.807, 2.05) is 6.92 Å². The highest BCUT2D eigenvalue weighted by atomic mass is 32.2. The Labute approximate surface area is 214 Å². The van der Waals surface area contributed by atoms with E-state index in [9.17, 15) is 13.2 Å². The molecule has 11 nitrogen and oxygen atoms in total. The Hall–Kier alpha value is -3.81. The Kier molecular flexibility index (Phi) is 9.50. The van der Waals surface area contributed by atoms with Crippen LogP contribution in [0.25, 0.3) is 0 Å². The zero-order valence-corrected chi connectivity index (χ0v) is 21.2. The van der Waals surface area contributed by atoms with Gasteiger partial charge in [-0.1, -0.05) is 0 Å². The van der Waals surface area contributed by atoms with Crippen LogP contribution < -0.4 is 24.8 Å². The molecule has 1 aromatic heterocycles. The third kappa shape index (κ3) is 7.86. The number of amides is 1. The van der Waals surface area contributed by atoms with Crippen LogP contribution in [-0.4, -0.2) is 56.3 Å². The number of anilines is 2. The minimum atomic E-state index is -3.89. The summed E-state index contributed by atoms with van der Waals surface area (Å²) in [5.41, 5.74) is 0.881. The maximum Gasteiger partial charge on any atom is 0.263 e. The van der Waals surface area contributed by atoms with Crippen LogP contribution in [0.2, 0.25) is 0 Å². The van der Waals surface area contributed by atoms with Crippen LogP contribution in [-0.2, 0) is 14.8 Å². The lowest BCUT2D eigenvalue weighted by molar-refractivity contribution is 0.0977. The quantitative estimate of drug-likeness (QED) is 0.250. The van der Waals surface area contributed by atoms with Gasteiger partial charge in [-0.25, -0.2) is 18.4 Å². The Morgan fingerprint density at radius 1 is 1.03 bits per heavy atom. The largest absolute Gasteiger partial charge is 0.491 e. The molecule has 36 heavy (non-hydrogen) atoms. The topological polar surface area (TPSA) is 141 Å². The number of nitrogens with one attached hydrogen (secondary N) is 3. The highest BCUT2D eigenvalue weighted by Gasteiger charge is 2.16. The van der Waals surface area contributed by atoms with Crippen LogP contribution in [0.15, 0.2) is 65.8 Å². The van der Waals surface area contributed by atoms with E-state index in [1.54, 1.807) is 24.3 Å². The molecule has 0 saturated carbocycles. The van der Waals surface area contributed by atoms with Gasteiger partial charge in [-0.2, -0.15) is 0 Å². The lowest BCUT2D eigenvalue weighted by Gasteiger charge is -2.11. The fourth-order valence-corrected chi connectivity index (χ4v) is 4.03. The van der Waals surface area contributed by atoms with Crippen molar-refractivity contribution in [1.82, 2.24) is 15.3 Å². The molecule has 0 aliphatic carbocycles. The van der Waals surface area contributed by atoms with Crippen molar-refractivity contribution in [2.45, 2.75) is 11.8 Å². The first-order valence-corrected chi connectivity index (χ1v) is 12.6. The predicted octanol–water partition coefficient (Wildman–Crippen LogP) is 2.83. The highest BCUT2D eigenvalue weighted by molar-refractivity contribution is 7.92. The van der Waals surface area contributed by atoms with Gasteiger partial charge in [0.1, 0.15) is 24.5 Å². The molecule has 1 amide bonds. The van der Waals surface area contributed by atoms with E-state index >= 15 is 0 Å². The van der Waals surface area contributed by atoms with Crippen molar-refractivity contribution in [2.24, 2.45) is 0 Å². The average Bonchev–Trinajstić information content (AvgIpc) is 2.87. The van der Waals surface area contributed by atoms with Crippen molar-refractivity contribution < 1.29 is 27.4 Å². The molecule has 0 fully saturated rings. The Balaban J connectivity index is 1.53. The molecule has 0 spiro atoms. The second-order valence-electron chi connectivity index (χ2n) is 7.05. The summed E-state index contributed by atoms with van der Waals surface area (Å²) in [6.45, 7) is 3.43. The SMILES string of the molecule is CCOCCOc1ccc(C(=O)NC(=S)Nc2ccc(S(=O)(=O)Nc3cc(OC)ncn3)cc2)cc1. The molecule has 3 N–H and O–H groups in total. The molecule has 0 atom stereocenters. The first-order valence-electron chi connectivity index (χ1n) is 10.7. The smallest absolute Gasteiger partial charge is 0.263 e. The minimum Gasteiger partial charge on any atom is -0.491 e. The van der Waals surface area contributed by atoms with E-state index in [-0.39, 0.29) is 21.7 Å². The normalized spacial score (nSPS) is 10.8. The van der Waals surface area contributed by atoms with Gasteiger partial charge in [0, 0.05) is 23.9 Å². The average molecular weight is 532 g/mol. The number of hydrogen-bond donors (Lipinski definition) is 3. The summed E-state index contributed by atoms with van der Waals surface area (Å²) >= 11 is 5.20. The molecule has 1 heterocycles. The maximum atomic E-state index is 12.6. The molecule has 3 rings (SSSR count). The summed E-state index contributed by atoms with van der Waals surface area (Å²) in [5, 5.41) is 5.48. The lowest BCUT2D eigenvalue weighted by atomic mass is 10.2. The Bertz CT molecular complexity index is 1290. The monoisotopic (exact) mass is 531 g/mol. The third-order valence-corrected chi connectivity index (χ3v) is 6.13. The zero-order chi connectivity index (χ0) is 26.0. The second-order valence-corrected chi connectivity index (χ2v) is 9.14. The summed E-state index contributed by atoms with van der Waals surface area (Å²) in [5.74, 6) is 0.505. The number of hydrogen-bond acceptors (Lipinski definition) is 9. The van der Waals surface area contributed by atoms with Gasteiger partial charge in [-0.3, -0.25) is 14.8 Å². The number of aromatic nitrogens is 2. The molecule has 0 aliphatic rings. The third-order valence-electron chi connectivity index (χ3n) is 4.56. The fraction of sp³-hybridized carbons (Fsp3) is 0.217. The van der Waals surface area contributed by atoms with Crippen molar-refractivity contribution in [3.63, 3.8) is 0 Å². The second kappa shape index (κ2) is 12.8. The molecule has 2 aromatic carbocycles. The van der Waals surface area contributed by atoms with Crippen molar-refractivity contribution in [1.29, 1.82) is 0 Å². The standard InChI is InChI=1S/C23H25N5O6S2/c1-3-33-12-13-34-18-8-4-16(5-9-18)22(29)27-23(35)26-17-6-10-19(11-7-17)36(30,31)28-20-14-21(32-2)25-15-24-20/h4-11,14-15H,3,12-13H2,1-2H3,(H,24,25,28)(H2,26,27,29,35). The predicted molar refractivity (Wildman–Crippen MR) is 138 cm³/mol. The van der Waals surface area contributed by atoms with Crippen molar-refractivity contribution in [3.05, 3.63) is 66.5 Å². The Morgan fingerprint density at radius 2 is 1.75 bits per heavy atom. The fourth-order valence-electron chi connectivity index (χ4n) is 2.82. The molecular formula is C23H25N5O6S2. The number of ether oxygens (including phenoxy) is 3. The summed E-state index contributed by atoms with van der Waals surface area (Å²) in [4.78, 5) is 20.2. The molecule has 0 unspecified atom stereocenters. The first kappa shape index (κ1) is 26.8. The van der Waals surface area contributed by atoms with Crippen LogP contribution >= 0.6 is 12.2 Å². The number of thiocarbonyl (C=S) groups is 1. The minimum absolute atomic E-state index is 0.00384. The van der Waals surface area contributed by atoms with Gasteiger partial charge < -0.3 is 19.5 Å². The van der Waals surface area contributed by atoms with E-state index in [4.69, 9.17) is 26.4 Å². The van der Waals surface area contributed by atoms with Crippen LogP contribution in [0.3, 0.4) is 0 Å². The lowest BCUT2D eigenvalue weighted by Crippen LogP contribution is -2.34. The molecule has 0 bridgehead atoms. The van der Waals surface area contributed by atoms with Gasteiger partial charge in [0.25, 0.3) is 15.9 Å². The van der Waals surface area contributed by atoms with E-state index in [0.29, 0.717) is 36.8 Å². The van der Waals surface area contributed by atoms with Crippen LogP contribution in [0.4, 0.5) is 11.5 Å². The van der Waals surface area contributed by atoms with Gasteiger partial charge in [-0.05, 0) is 67.7 Å². The van der Waals surface area contributed by atoms with E-state index in [1.165, 1.54) is 43.8 Å². The number of carbonyl (C=O) groups excluding carboxylic acids is 1. The molecule has 3 aromatic rings. The van der Waals surface area contributed by atoms with Crippen molar-refractivity contribution in [3.8, 4) is 11.6 Å². The van der Waals surface area contributed by atoms with Crippen molar-refractivity contribution >= 4 is 44.8 Å². The number of methoxy groups -OCH3 is 1. The number of nitrogens with zero attached hydrogens (tertiary/aromatic N) is 2. The summed E-state index contributed by atoms with van der Waals surface area (Å²) in [6.07, 6.45) is 1.19. The summed E-state index contributed by atoms with van der Waals surface area (Å²) in [7, 11) is -2.48. The molecule has 13 heteroatoms. The van der Waals surface area contributed by atoms with E-state index < -0.39 is 15.9 Å². The highest BCUT2D eigenvalue weighted by Crippen LogP contribution is 2.19. The Morgan fingerprint density at radius 3 is 2.42 bits per heavy atom. The van der Waals surface area contributed by atoms with E-state index in [2.05, 4.69) is 25.3 Å². The van der Waals surface area contributed by atoms with Gasteiger partial charge in [0.2, 0.25) is 5.88 Å². The summed E-state index contributed by atoms with van der Waals surface area (Å²) < 4.78 is 43.3. The van der Waals surface area contributed by atoms with Crippen molar-refractivity contribution in [2.75, 3.05) is 37.0 Å². The molecule has 0 aliphatic heterocycles. The molecule has 0 saturated heterocycles. The number of carbonyl (C=O) groups is 1. The number of sulfonamides is 1. The van der Waals surface area contributed by atoms with E-state index in [0.717, 1.165) is 0 Å². The van der Waals surface area contributed by atoms with Gasteiger partial charge in [-0.15, -0.1) is 0 Å². The molecule has 190 valence electrons. The number of benzene rings is 2. The first-order chi connectivity index (χ1) is 17.3. The van der Waals surface area contributed by atoms with Crippen LogP contribution in [0.1, 0.15) is 17.3 Å². The van der Waals surface area contributed by atoms with Gasteiger partial charge in [0.15, 0.2) is 5.11 Å². The molecular weight excluding hydrogens is 506 g/mol. The van der Waals surface area contributed by atoms with Crippen LogP contribution in [0.5, 0.6) is 11.6 Å². The number of rotatable bonds is 11.